The van der Waals surface area contributed by atoms with Crippen molar-refractivity contribution in [1.82, 2.24) is 5.32 Å². The zero-order valence-electron chi connectivity index (χ0n) is 16.9. The second-order valence-electron chi connectivity index (χ2n) is 6.95. The topological polar surface area (TPSA) is 56.8 Å². The average molecular weight is 383 g/mol. The van der Waals surface area contributed by atoms with E-state index in [0.29, 0.717) is 32.6 Å². The molecule has 0 aromatic heterocycles. The van der Waals surface area contributed by atoms with Gasteiger partial charge in [0.05, 0.1) is 13.2 Å². The van der Waals surface area contributed by atoms with E-state index in [4.69, 9.17) is 14.2 Å². The van der Waals surface area contributed by atoms with Crippen molar-refractivity contribution in [3.05, 3.63) is 53.1 Å². The monoisotopic (exact) mass is 383 g/mol. The van der Waals surface area contributed by atoms with E-state index in [2.05, 4.69) is 12.2 Å². The highest BCUT2D eigenvalue weighted by Crippen LogP contribution is 2.35. The molecule has 0 bridgehead atoms. The van der Waals surface area contributed by atoms with Crippen LogP contribution < -0.4 is 19.5 Å². The lowest BCUT2D eigenvalue weighted by molar-refractivity contribution is -0.121. The summed E-state index contributed by atoms with van der Waals surface area (Å²) in [7, 11) is 0. The SMILES string of the molecule is CCOc1ccccc1CCC(=O)NCc1cc2c(cc1OCC)C[C@H](C)O2. The van der Waals surface area contributed by atoms with Gasteiger partial charge >= 0.3 is 0 Å². The van der Waals surface area contributed by atoms with E-state index in [-0.39, 0.29) is 12.0 Å². The largest absolute Gasteiger partial charge is 0.494 e. The van der Waals surface area contributed by atoms with Crippen LogP contribution in [0.1, 0.15) is 43.9 Å². The number of para-hydroxylation sites is 1. The van der Waals surface area contributed by atoms with Gasteiger partial charge in [0.25, 0.3) is 0 Å². The second-order valence-corrected chi connectivity index (χ2v) is 6.95. The number of fused-ring (bicyclic) bond motifs is 1. The molecule has 0 saturated heterocycles. The van der Waals surface area contributed by atoms with Gasteiger partial charge in [-0.05, 0) is 51.0 Å². The van der Waals surface area contributed by atoms with Gasteiger partial charge in [-0.25, -0.2) is 0 Å². The minimum atomic E-state index is 0.00327. The highest BCUT2D eigenvalue weighted by molar-refractivity contribution is 5.76. The fraction of sp³-hybridized carbons (Fsp3) is 0.435. The van der Waals surface area contributed by atoms with Crippen molar-refractivity contribution in [1.29, 1.82) is 0 Å². The zero-order chi connectivity index (χ0) is 19.9. The molecule has 3 rings (SSSR count). The molecular formula is C23H29NO4. The van der Waals surface area contributed by atoms with Gasteiger partial charge < -0.3 is 19.5 Å². The van der Waals surface area contributed by atoms with E-state index in [0.717, 1.165) is 34.8 Å². The number of rotatable bonds is 9. The summed E-state index contributed by atoms with van der Waals surface area (Å²) in [6.07, 6.45) is 2.12. The molecule has 0 aliphatic carbocycles. The van der Waals surface area contributed by atoms with Crippen LogP contribution in [0.15, 0.2) is 36.4 Å². The van der Waals surface area contributed by atoms with Crippen LogP contribution >= 0.6 is 0 Å². The molecule has 1 heterocycles. The lowest BCUT2D eigenvalue weighted by atomic mass is 10.1. The smallest absolute Gasteiger partial charge is 0.220 e. The highest BCUT2D eigenvalue weighted by Gasteiger charge is 2.22. The molecule has 5 heteroatoms. The third-order valence-electron chi connectivity index (χ3n) is 4.75. The van der Waals surface area contributed by atoms with E-state index in [1.165, 1.54) is 5.56 Å². The summed E-state index contributed by atoms with van der Waals surface area (Å²) in [5.41, 5.74) is 3.16. The number of hydrogen-bond donors (Lipinski definition) is 1. The minimum Gasteiger partial charge on any atom is -0.494 e. The van der Waals surface area contributed by atoms with Gasteiger partial charge in [-0.3, -0.25) is 4.79 Å². The fourth-order valence-corrected chi connectivity index (χ4v) is 3.45. The molecule has 0 radical (unpaired) electrons. The van der Waals surface area contributed by atoms with Gasteiger partial charge in [-0.2, -0.15) is 0 Å². The van der Waals surface area contributed by atoms with Crippen molar-refractivity contribution in [3.8, 4) is 17.2 Å². The van der Waals surface area contributed by atoms with Crippen molar-refractivity contribution in [2.75, 3.05) is 13.2 Å². The molecule has 5 nitrogen and oxygen atoms in total. The van der Waals surface area contributed by atoms with E-state index in [1.807, 2.05) is 50.2 Å². The zero-order valence-corrected chi connectivity index (χ0v) is 16.9. The molecule has 2 aromatic carbocycles. The summed E-state index contributed by atoms with van der Waals surface area (Å²) in [4.78, 5) is 12.4. The lowest BCUT2D eigenvalue weighted by Crippen LogP contribution is -2.23. The van der Waals surface area contributed by atoms with Gasteiger partial charge in [-0.15, -0.1) is 0 Å². The summed E-state index contributed by atoms with van der Waals surface area (Å²) in [6.45, 7) is 7.60. The standard InChI is InChI=1S/C23H29NO4/c1-4-26-20-9-7-6-8-17(20)10-11-23(25)24-15-19-14-22-18(12-16(3)28-22)13-21(19)27-5-2/h6-9,13-14,16H,4-5,10-12,15H2,1-3H3,(H,24,25)/t16-/m0/s1. The Morgan fingerprint density at radius 3 is 2.64 bits per heavy atom. The third-order valence-corrected chi connectivity index (χ3v) is 4.75. The lowest BCUT2D eigenvalue weighted by Gasteiger charge is -2.14. The van der Waals surface area contributed by atoms with Gasteiger partial charge in [0.2, 0.25) is 5.91 Å². The molecule has 1 aliphatic rings. The van der Waals surface area contributed by atoms with Crippen molar-refractivity contribution in [2.24, 2.45) is 0 Å². The van der Waals surface area contributed by atoms with Gasteiger partial charge in [-0.1, -0.05) is 18.2 Å². The van der Waals surface area contributed by atoms with Crippen LogP contribution in [0.5, 0.6) is 17.2 Å². The summed E-state index contributed by atoms with van der Waals surface area (Å²) >= 11 is 0. The maximum atomic E-state index is 12.4. The Morgan fingerprint density at radius 1 is 1.11 bits per heavy atom. The van der Waals surface area contributed by atoms with Gasteiger partial charge in [0.1, 0.15) is 23.4 Å². The van der Waals surface area contributed by atoms with Crippen LogP contribution in [0.25, 0.3) is 0 Å². The molecule has 0 spiro atoms. The number of carbonyl (C=O) groups excluding carboxylic acids is 1. The normalized spacial score (nSPS) is 14.9. The average Bonchev–Trinajstić information content (AvgIpc) is 3.04. The first-order valence-electron chi connectivity index (χ1n) is 10.0. The van der Waals surface area contributed by atoms with E-state index >= 15 is 0 Å². The van der Waals surface area contributed by atoms with E-state index in [9.17, 15) is 4.79 Å². The van der Waals surface area contributed by atoms with Gasteiger partial charge in [0.15, 0.2) is 0 Å². The molecule has 1 atom stereocenters. The molecule has 1 N–H and O–H groups in total. The predicted octanol–water partition coefficient (Wildman–Crippen LogP) is 4.06. The molecule has 0 fully saturated rings. The first kappa shape index (κ1) is 20.1. The first-order valence-corrected chi connectivity index (χ1v) is 10.0. The van der Waals surface area contributed by atoms with Crippen LogP contribution in [0.3, 0.4) is 0 Å². The summed E-state index contributed by atoms with van der Waals surface area (Å²) in [5.74, 6) is 2.57. The molecule has 1 aliphatic heterocycles. The summed E-state index contributed by atoms with van der Waals surface area (Å²) in [5, 5.41) is 3.01. The quantitative estimate of drug-likeness (QED) is 0.710. The number of amides is 1. The highest BCUT2D eigenvalue weighted by atomic mass is 16.5. The van der Waals surface area contributed by atoms with Crippen molar-refractivity contribution >= 4 is 5.91 Å². The summed E-state index contributed by atoms with van der Waals surface area (Å²) in [6, 6.07) is 11.9. The number of aryl methyl sites for hydroxylation is 1. The Kier molecular flexibility index (Phi) is 6.80. The Morgan fingerprint density at radius 2 is 1.86 bits per heavy atom. The Bertz CT molecular complexity index is 818. The van der Waals surface area contributed by atoms with E-state index < -0.39 is 0 Å². The Hall–Kier alpha value is -2.69. The first-order chi connectivity index (χ1) is 13.6. The maximum absolute atomic E-state index is 12.4. The predicted molar refractivity (Wildman–Crippen MR) is 109 cm³/mol. The van der Waals surface area contributed by atoms with Gasteiger partial charge in [0, 0.05) is 30.5 Å². The molecular weight excluding hydrogens is 354 g/mol. The molecule has 2 aromatic rings. The molecule has 1 amide bonds. The Labute approximate surface area is 167 Å². The number of nitrogens with one attached hydrogen (secondary N) is 1. The van der Waals surface area contributed by atoms with Crippen LogP contribution in [-0.2, 0) is 24.2 Å². The number of hydrogen-bond acceptors (Lipinski definition) is 4. The minimum absolute atomic E-state index is 0.00327. The van der Waals surface area contributed by atoms with Crippen LogP contribution in [-0.4, -0.2) is 25.2 Å². The van der Waals surface area contributed by atoms with Crippen LogP contribution in [0.4, 0.5) is 0 Å². The van der Waals surface area contributed by atoms with Crippen molar-refractivity contribution in [2.45, 2.75) is 52.7 Å². The number of ether oxygens (including phenoxy) is 3. The molecule has 150 valence electrons. The fourth-order valence-electron chi connectivity index (χ4n) is 3.45. The Balaban J connectivity index is 1.59. The van der Waals surface area contributed by atoms with Crippen molar-refractivity contribution < 1.29 is 19.0 Å². The number of benzene rings is 2. The van der Waals surface area contributed by atoms with E-state index in [1.54, 1.807) is 0 Å². The van der Waals surface area contributed by atoms with Crippen LogP contribution in [0.2, 0.25) is 0 Å². The van der Waals surface area contributed by atoms with Crippen molar-refractivity contribution in [3.63, 3.8) is 0 Å². The molecule has 0 unspecified atom stereocenters. The third kappa shape index (κ3) is 4.97. The second kappa shape index (κ2) is 9.49. The summed E-state index contributed by atoms with van der Waals surface area (Å²) < 4.78 is 17.3. The number of carbonyl (C=O) groups is 1. The molecule has 28 heavy (non-hydrogen) atoms. The van der Waals surface area contributed by atoms with Crippen LogP contribution in [0, 0.1) is 0 Å². The maximum Gasteiger partial charge on any atom is 0.220 e. The molecule has 0 saturated carbocycles.